The van der Waals surface area contributed by atoms with E-state index < -0.39 is 0 Å². The molecule has 1 rings (SSSR count). The van der Waals surface area contributed by atoms with Crippen molar-refractivity contribution in [3.8, 4) is 11.5 Å². The zero-order valence-corrected chi connectivity index (χ0v) is 15.9. The Morgan fingerprint density at radius 1 is 0.708 bits per heavy atom. The minimum absolute atomic E-state index is 0.298. The second-order valence-corrected chi connectivity index (χ2v) is 6.99. The molecule has 1 aromatic rings. The Bertz CT molecular complexity index is 385. The summed E-state index contributed by atoms with van der Waals surface area (Å²) >= 11 is 0. The summed E-state index contributed by atoms with van der Waals surface area (Å²) in [7, 11) is 0. The van der Waals surface area contributed by atoms with Crippen LogP contribution in [0, 0.1) is 0 Å². The van der Waals surface area contributed by atoms with Crippen molar-refractivity contribution in [1.29, 1.82) is 0 Å². The SMILES string of the molecule is CCCCCCCCCCCC(CCCC)Oc1ccc(O)cc1. The standard InChI is InChI=1S/C22H38O2/c1-3-5-7-8-9-10-11-12-13-15-21(14-6-4-2)24-22-18-16-20(23)17-19-22/h16-19,21,23H,3-15H2,1-2H3. The smallest absolute Gasteiger partial charge is 0.119 e. The molecule has 2 nitrogen and oxygen atoms in total. The van der Waals surface area contributed by atoms with Crippen molar-refractivity contribution in [2.45, 2.75) is 103 Å². The molecule has 1 atom stereocenters. The summed E-state index contributed by atoms with van der Waals surface area (Å²) in [5.41, 5.74) is 0. The maximum absolute atomic E-state index is 9.37. The third-order valence-electron chi connectivity index (χ3n) is 4.65. The first-order valence-electron chi connectivity index (χ1n) is 10.2. The zero-order valence-electron chi connectivity index (χ0n) is 15.9. The first-order valence-corrected chi connectivity index (χ1v) is 10.2. The van der Waals surface area contributed by atoms with Crippen LogP contribution in [0.2, 0.25) is 0 Å². The molecule has 0 aromatic heterocycles. The van der Waals surface area contributed by atoms with Crippen molar-refractivity contribution >= 4 is 0 Å². The molecule has 0 saturated heterocycles. The van der Waals surface area contributed by atoms with Crippen molar-refractivity contribution in [1.82, 2.24) is 0 Å². The fourth-order valence-electron chi connectivity index (χ4n) is 3.09. The van der Waals surface area contributed by atoms with Gasteiger partial charge in [0.2, 0.25) is 0 Å². The van der Waals surface area contributed by atoms with Crippen LogP contribution >= 0.6 is 0 Å². The molecule has 0 radical (unpaired) electrons. The average molecular weight is 335 g/mol. The van der Waals surface area contributed by atoms with E-state index in [0.29, 0.717) is 11.9 Å². The average Bonchev–Trinajstić information content (AvgIpc) is 2.59. The summed E-state index contributed by atoms with van der Waals surface area (Å²) in [4.78, 5) is 0. The lowest BCUT2D eigenvalue weighted by Crippen LogP contribution is -2.16. The van der Waals surface area contributed by atoms with Crippen LogP contribution in [0.3, 0.4) is 0 Å². The third-order valence-corrected chi connectivity index (χ3v) is 4.65. The Kier molecular flexibility index (Phi) is 12.3. The van der Waals surface area contributed by atoms with E-state index in [1.807, 2.05) is 12.1 Å². The zero-order chi connectivity index (χ0) is 17.5. The number of benzene rings is 1. The molecule has 1 unspecified atom stereocenters. The summed E-state index contributed by atoms with van der Waals surface area (Å²) in [5, 5.41) is 9.37. The van der Waals surface area contributed by atoms with Gasteiger partial charge in [-0.1, -0.05) is 78.1 Å². The van der Waals surface area contributed by atoms with E-state index >= 15 is 0 Å². The van der Waals surface area contributed by atoms with Crippen LogP contribution in [0.15, 0.2) is 24.3 Å². The van der Waals surface area contributed by atoms with Crippen molar-refractivity contribution in [2.24, 2.45) is 0 Å². The topological polar surface area (TPSA) is 29.5 Å². The first-order chi connectivity index (χ1) is 11.8. The van der Waals surface area contributed by atoms with Gasteiger partial charge in [0.05, 0.1) is 6.10 Å². The van der Waals surface area contributed by atoms with E-state index in [9.17, 15) is 5.11 Å². The number of ether oxygens (including phenoxy) is 1. The van der Waals surface area contributed by atoms with Gasteiger partial charge in [0.1, 0.15) is 11.5 Å². The molecule has 0 aliphatic heterocycles. The van der Waals surface area contributed by atoms with Crippen LogP contribution < -0.4 is 4.74 Å². The van der Waals surface area contributed by atoms with E-state index in [1.165, 1.54) is 70.6 Å². The van der Waals surface area contributed by atoms with Crippen LogP contribution in [0.1, 0.15) is 97.3 Å². The molecule has 0 aliphatic carbocycles. The predicted octanol–water partition coefficient (Wildman–Crippen LogP) is 7.25. The molecule has 1 aromatic carbocycles. The van der Waals surface area contributed by atoms with Crippen LogP contribution in [-0.4, -0.2) is 11.2 Å². The number of phenolic OH excluding ortho intramolecular Hbond substituents is 1. The molecule has 0 heterocycles. The minimum atomic E-state index is 0.298. The molecular weight excluding hydrogens is 296 g/mol. The van der Waals surface area contributed by atoms with Crippen LogP contribution in [-0.2, 0) is 0 Å². The maximum atomic E-state index is 9.37. The van der Waals surface area contributed by atoms with Crippen LogP contribution in [0.4, 0.5) is 0 Å². The highest BCUT2D eigenvalue weighted by Gasteiger charge is 2.10. The highest BCUT2D eigenvalue weighted by molar-refractivity contribution is 5.30. The maximum Gasteiger partial charge on any atom is 0.119 e. The summed E-state index contributed by atoms with van der Waals surface area (Å²) in [6.45, 7) is 4.51. The third kappa shape index (κ3) is 10.6. The van der Waals surface area contributed by atoms with Crippen molar-refractivity contribution in [3.05, 3.63) is 24.3 Å². The number of hydrogen-bond acceptors (Lipinski definition) is 2. The van der Waals surface area contributed by atoms with E-state index in [1.54, 1.807) is 12.1 Å². The van der Waals surface area contributed by atoms with Gasteiger partial charge in [-0.25, -0.2) is 0 Å². The number of aromatic hydroxyl groups is 1. The van der Waals surface area contributed by atoms with Gasteiger partial charge < -0.3 is 9.84 Å². The number of rotatable bonds is 15. The lowest BCUT2D eigenvalue weighted by molar-refractivity contribution is 0.173. The quantitative estimate of drug-likeness (QED) is 0.342. The molecule has 2 heteroatoms. The summed E-state index contributed by atoms with van der Waals surface area (Å²) in [6.07, 6.45) is 17.4. The Morgan fingerprint density at radius 2 is 1.21 bits per heavy atom. The number of phenols is 1. The lowest BCUT2D eigenvalue weighted by atomic mass is 10.0. The molecule has 0 fully saturated rings. The molecule has 24 heavy (non-hydrogen) atoms. The van der Waals surface area contributed by atoms with E-state index in [0.717, 1.165) is 18.6 Å². The molecule has 0 bridgehead atoms. The largest absolute Gasteiger partial charge is 0.508 e. The molecule has 138 valence electrons. The van der Waals surface area contributed by atoms with Gasteiger partial charge >= 0.3 is 0 Å². The van der Waals surface area contributed by atoms with Crippen molar-refractivity contribution in [3.63, 3.8) is 0 Å². The van der Waals surface area contributed by atoms with Crippen LogP contribution in [0.25, 0.3) is 0 Å². The fourth-order valence-corrected chi connectivity index (χ4v) is 3.09. The predicted molar refractivity (Wildman–Crippen MR) is 104 cm³/mol. The van der Waals surface area contributed by atoms with E-state index in [-0.39, 0.29) is 0 Å². The lowest BCUT2D eigenvalue weighted by Gasteiger charge is -2.19. The van der Waals surface area contributed by atoms with Gasteiger partial charge in [0, 0.05) is 0 Å². The Hall–Kier alpha value is -1.18. The first kappa shape index (κ1) is 20.9. The van der Waals surface area contributed by atoms with Crippen molar-refractivity contribution in [2.75, 3.05) is 0 Å². The molecule has 0 spiro atoms. The minimum Gasteiger partial charge on any atom is -0.508 e. The van der Waals surface area contributed by atoms with Gasteiger partial charge in [-0.15, -0.1) is 0 Å². The molecule has 1 N–H and O–H groups in total. The molecule has 0 saturated carbocycles. The van der Waals surface area contributed by atoms with Gasteiger partial charge in [-0.05, 0) is 43.5 Å². The van der Waals surface area contributed by atoms with Gasteiger partial charge in [0.25, 0.3) is 0 Å². The summed E-state index contributed by atoms with van der Waals surface area (Å²) < 4.78 is 6.13. The Morgan fingerprint density at radius 3 is 1.79 bits per heavy atom. The molecule has 0 amide bonds. The fraction of sp³-hybridized carbons (Fsp3) is 0.727. The Balaban J connectivity index is 2.17. The highest BCUT2D eigenvalue weighted by atomic mass is 16.5. The van der Waals surface area contributed by atoms with Gasteiger partial charge in [0.15, 0.2) is 0 Å². The normalized spacial score (nSPS) is 12.2. The monoisotopic (exact) mass is 334 g/mol. The summed E-state index contributed by atoms with van der Waals surface area (Å²) in [6, 6.07) is 7.13. The Labute approximate surface area is 149 Å². The van der Waals surface area contributed by atoms with Gasteiger partial charge in [-0.2, -0.15) is 0 Å². The van der Waals surface area contributed by atoms with Gasteiger partial charge in [-0.3, -0.25) is 0 Å². The van der Waals surface area contributed by atoms with Crippen molar-refractivity contribution < 1.29 is 9.84 Å². The number of unbranched alkanes of at least 4 members (excludes halogenated alkanes) is 9. The number of hydrogen-bond donors (Lipinski definition) is 1. The second kappa shape index (κ2) is 14.2. The van der Waals surface area contributed by atoms with E-state index in [2.05, 4.69) is 13.8 Å². The second-order valence-electron chi connectivity index (χ2n) is 6.99. The molecular formula is C22H38O2. The van der Waals surface area contributed by atoms with Crippen LogP contribution in [0.5, 0.6) is 11.5 Å². The summed E-state index contributed by atoms with van der Waals surface area (Å²) in [5.74, 6) is 1.18. The molecule has 0 aliphatic rings. The van der Waals surface area contributed by atoms with E-state index in [4.69, 9.17) is 4.74 Å². The highest BCUT2D eigenvalue weighted by Crippen LogP contribution is 2.21.